The molecule has 1 aromatic heterocycles. The average molecular weight is 289 g/mol. The Balaban J connectivity index is 1.80. The molecule has 21 heavy (non-hydrogen) atoms. The Bertz CT molecular complexity index is 533. The molecule has 114 valence electrons. The lowest BCUT2D eigenvalue weighted by Crippen LogP contribution is -2.51. The Morgan fingerprint density at radius 2 is 2.24 bits per heavy atom. The topological polar surface area (TPSA) is 61.4 Å². The number of nitrogens with zero attached hydrogens (tertiary/aromatic N) is 4. The van der Waals surface area contributed by atoms with Crippen LogP contribution in [0.1, 0.15) is 32.0 Å². The monoisotopic (exact) mass is 289 g/mol. The number of hydrogen-bond donors (Lipinski definition) is 1. The molecule has 3 heterocycles. The van der Waals surface area contributed by atoms with Gasteiger partial charge in [0.1, 0.15) is 17.5 Å². The van der Waals surface area contributed by atoms with E-state index in [-0.39, 0.29) is 0 Å². The first kappa shape index (κ1) is 14.1. The van der Waals surface area contributed by atoms with Crippen LogP contribution in [0.15, 0.2) is 6.07 Å². The first-order chi connectivity index (χ1) is 10.2. The number of piperazine rings is 1. The number of carbonyl (C=O) groups excluding carboxylic acids is 1. The highest BCUT2D eigenvalue weighted by atomic mass is 16.2. The van der Waals surface area contributed by atoms with Gasteiger partial charge < -0.3 is 15.1 Å². The van der Waals surface area contributed by atoms with Crippen LogP contribution < -0.4 is 10.2 Å². The summed E-state index contributed by atoms with van der Waals surface area (Å²) in [7, 11) is 1.88. The summed E-state index contributed by atoms with van der Waals surface area (Å²) < 4.78 is 0. The maximum atomic E-state index is 11.8. The Hall–Kier alpha value is -1.85. The fraction of sp³-hybridized carbons (Fsp3) is 0.667. The van der Waals surface area contributed by atoms with Gasteiger partial charge in [0.15, 0.2) is 0 Å². The first-order valence-electron chi connectivity index (χ1n) is 7.81. The predicted molar refractivity (Wildman–Crippen MR) is 82.5 cm³/mol. The fourth-order valence-corrected chi connectivity index (χ4v) is 3.18. The third kappa shape index (κ3) is 2.80. The van der Waals surface area contributed by atoms with Crippen LogP contribution in [0.25, 0.3) is 0 Å². The van der Waals surface area contributed by atoms with Gasteiger partial charge in [-0.05, 0) is 12.8 Å². The molecule has 0 aliphatic carbocycles. The highest BCUT2D eigenvalue weighted by Crippen LogP contribution is 2.26. The number of amides is 1. The molecule has 1 unspecified atom stereocenters. The number of rotatable bonds is 4. The minimum Gasteiger partial charge on any atom is -0.373 e. The van der Waals surface area contributed by atoms with Gasteiger partial charge in [0.25, 0.3) is 0 Å². The number of fused-ring (bicyclic) bond motifs is 1. The van der Waals surface area contributed by atoms with Gasteiger partial charge in [0, 0.05) is 51.6 Å². The average Bonchev–Trinajstić information content (AvgIpc) is 2.88. The van der Waals surface area contributed by atoms with E-state index in [9.17, 15) is 4.79 Å². The third-order valence-corrected chi connectivity index (χ3v) is 4.31. The third-order valence-electron chi connectivity index (χ3n) is 4.31. The standard InChI is InChI=1S/C15H23N5O/c1-3-4-12-17-13(16-2)9-14(18-12)19-7-8-20-11(10-19)5-6-15(20)21/h9,11H,3-8,10H2,1-2H3,(H,16,17,18). The minimum absolute atomic E-state index is 0.310. The van der Waals surface area contributed by atoms with Crippen molar-refractivity contribution in [1.82, 2.24) is 14.9 Å². The van der Waals surface area contributed by atoms with Crippen molar-refractivity contribution in [3.63, 3.8) is 0 Å². The molecule has 6 nitrogen and oxygen atoms in total. The van der Waals surface area contributed by atoms with Gasteiger partial charge in [-0.15, -0.1) is 0 Å². The highest BCUT2D eigenvalue weighted by Gasteiger charge is 2.35. The summed E-state index contributed by atoms with van der Waals surface area (Å²) in [5.74, 6) is 3.05. The Labute approximate surface area is 125 Å². The van der Waals surface area contributed by atoms with Crippen LogP contribution in [0.4, 0.5) is 11.6 Å². The highest BCUT2D eigenvalue weighted by molar-refractivity contribution is 5.79. The fourth-order valence-electron chi connectivity index (χ4n) is 3.18. The summed E-state index contributed by atoms with van der Waals surface area (Å²) in [5, 5.41) is 3.12. The van der Waals surface area contributed by atoms with E-state index in [1.54, 1.807) is 0 Å². The Morgan fingerprint density at radius 1 is 1.38 bits per heavy atom. The molecule has 2 saturated heterocycles. The molecular weight excluding hydrogens is 266 g/mol. The van der Waals surface area contributed by atoms with E-state index >= 15 is 0 Å². The molecule has 1 atom stereocenters. The summed E-state index contributed by atoms with van der Waals surface area (Å²) in [6.45, 7) is 4.69. The zero-order chi connectivity index (χ0) is 14.8. The van der Waals surface area contributed by atoms with E-state index in [0.717, 1.165) is 56.4 Å². The maximum absolute atomic E-state index is 11.8. The second kappa shape index (κ2) is 5.87. The molecule has 3 rings (SSSR count). The van der Waals surface area contributed by atoms with Crippen LogP contribution in [0.5, 0.6) is 0 Å². The van der Waals surface area contributed by atoms with E-state index in [1.165, 1.54) is 0 Å². The zero-order valence-corrected chi connectivity index (χ0v) is 12.8. The largest absolute Gasteiger partial charge is 0.373 e. The van der Waals surface area contributed by atoms with Crippen molar-refractivity contribution in [2.75, 3.05) is 36.9 Å². The lowest BCUT2D eigenvalue weighted by molar-refractivity contribution is -0.129. The van der Waals surface area contributed by atoms with Crippen molar-refractivity contribution in [2.45, 2.75) is 38.6 Å². The smallest absolute Gasteiger partial charge is 0.223 e. The molecule has 2 aliphatic rings. The summed E-state index contributed by atoms with van der Waals surface area (Å²) >= 11 is 0. The van der Waals surface area contributed by atoms with Gasteiger partial charge in [-0.25, -0.2) is 9.97 Å². The molecule has 2 fully saturated rings. The second-order valence-corrected chi connectivity index (χ2v) is 5.75. The first-order valence-corrected chi connectivity index (χ1v) is 7.81. The molecule has 0 spiro atoms. The summed E-state index contributed by atoms with van der Waals surface area (Å²) in [4.78, 5) is 25.3. The lowest BCUT2D eigenvalue weighted by atomic mass is 10.1. The van der Waals surface area contributed by atoms with Crippen LogP contribution in [0.2, 0.25) is 0 Å². The van der Waals surface area contributed by atoms with Crippen molar-refractivity contribution in [3.05, 3.63) is 11.9 Å². The summed E-state index contributed by atoms with van der Waals surface area (Å²) in [5.41, 5.74) is 0. The van der Waals surface area contributed by atoms with Crippen LogP contribution >= 0.6 is 0 Å². The molecule has 0 aromatic carbocycles. The Kier molecular flexibility index (Phi) is 3.94. The van der Waals surface area contributed by atoms with Crippen LogP contribution in [-0.4, -0.2) is 53.5 Å². The van der Waals surface area contributed by atoms with E-state index < -0.39 is 0 Å². The molecule has 2 aliphatic heterocycles. The van der Waals surface area contributed by atoms with Gasteiger partial charge in [0.2, 0.25) is 5.91 Å². The van der Waals surface area contributed by atoms with Crippen LogP contribution in [0.3, 0.4) is 0 Å². The quantitative estimate of drug-likeness (QED) is 0.905. The molecule has 6 heteroatoms. The molecule has 0 bridgehead atoms. The van der Waals surface area contributed by atoms with Crippen molar-refractivity contribution in [3.8, 4) is 0 Å². The maximum Gasteiger partial charge on any atom is 0.223 e. The summed E-state index contributed by atoms with van der Waals surface area (Å²) in [6.07, 6.45) is 3.61. The second-order valence-electron chi connectivity index (χ2n) is 5.75. The van der Waals surface area contributed by atoms with Crippen molar-refractivity contribution in [1.29, 1.82) is 0 Å². The van der Waals surface area contributed by atoms with Gasteiger partial charge >= 0.3 is 0 Å². The number of aromatic nitrogens is 2. The predicted octanol–water partition coefficient (Wildman–Crippen LogP) is 1.28. The minimum atomic E-state index is 0.310. The molecular formula is C15H23N5O. The van der Waals surface area contributed by atoms with Crippen molar-refractivity contribution >= 4 is 17.5 Å². The number of aryl methyl sites for hydroxylation is 1. The van der Waals surface area contributed by atoms with Gasteiger partial charge in [0.05, 0.1) is 0 Å². The zero-order valence-electron chi connectivity index (χ0n) is 12.8. The molecule has 1 aromatic rings. The van der Waals surface area contributed by atoms with Gasteiger partial charge in [-0.1, -0.05) is 6.92 Å². The van der Waals surface area contributed by atoms with E-state index in [4.69, 9.17) is 4.98 Å². The van der Waals surface area contributed by atoms with E-state index in [2.05, 4.69) is 22.1 Å². The van der Waals surface area contributed by atoms with Gasteiger partial charge in [-0.2, -0.15) is 0 Å². The normalized spacial score (nSPS) is 21.6. The number of anilines is 2. The summed E-state index contributed by atoms with van der Waals surface area (Å²) in [6, 6.07) is 2.36. The molecule has 1 amide bonds. The number of nitrogens with one attached hydrogen (secondary N) is 1. The van der Waals surface area contributed by atoms with Crippen molar-refractivity contribution < 1.29 is 4.79 Å². The molecule has 1 N–H and O–H groups in total. The van der Waals surface area contributed by atoms with Crippen molar-refractivity contribution in [2.24, 2.45) is 0 Å². The van der Waals surface area contributed by atoms with Crippen LogP contribution in [-0.2, 0) is 11.2 Å². The van der Waals surface area contributed by atoms with E-state index in [0.29, 0.717) is 18.4 Å². The Morgan fingerprint density at radius 3 is 3.00 bits per heavy atom. The van der Waals surface area contributed by atoms with E-state index in [1.807, 2.05) is 18.0 Å². The molecule has 0 saturated carbocycles. The lowest BCUT2D eigenvalue weighted by Gasteiger charge is -2.38. The molecule has 0 radical (unpaired) electrons. The van der Waals surface area contributed by atoms with Gasteiger partial charge in [-0.3, -0.25) is 4.79 Å². The number of carbonyl (C=O) groups is 1. The van der Waals surface area contributed by atoms with Crippen LogP contribution in [0, 0.1) is 0 Å². The SMILES string of the molecule is CCCc1nc(NC)cc(N2CCN3C(=O)CCC3C2)n1. The number of hydrogen-bond acceptors (Lipinski definition) is 5.